The Bertz CT molecular complexity index is 941. The van der Waals surface area contributed by atoms with Crippen LogP contribution < -0.4 is 0 Å². The van der Waals surface area contributed by atoms with Gasteiger partial charge in [0.2, 0.25) is 0 Å². The van der Waals surface area contributed by atoms with E-state index in [2.05, 4.69) is 54.8 Å². The summed E-state index contributed by atoms with van der Waals surface area (Å²) < 4.78 is 26.4. The van der Waals surface area contributed by atoms with Crippen molar-refractivity contribution in [1.29, 1.82) is 0 Å². The molecule has 0 aromatic carbocycles. The summed E-state index contributed by atoms with van der Waals surface area (Å²) in [5.41, 5.74) is 0. The summed E-state index contributed by atoms with van der Waals surface area (Å²) in [6.45, 7) is 3.65. The first-order chi connectivity index (χ1) is 25.3. The normalized spacial score (nSPS) is 12.8. The molecule has 0 aliphatic heterocycles. The number of carbonyl (C=O) groups is 2. The number of rotatable bonds is 39. The number of ether oxygens (including phenoxy) is 2. The van der Waals surface area contributed by atoms with Crippen molar-refractivity contribution < 1.29 is 37.9 Å². The molecule has 0 unspecified atom stereocenters. The summed E-state index contributed by atoms with van der Waals surface area (Å²) >= 11 is 0. The van der Waals surface area contributed by atoms with Crippen LogP contribution in [0.3, 0.4) is 0 Å². The minimum atomic E-state index is -4.76. The Hall–Kier alpha value is -1.73. The van der Waals surface area contributed by atoms with Gasteiger partial charge in [0.25, 0.3) is 0 Å². The highest BCUT2D eigenvalue weighted by atomic mass is 31.2. The topological polar surface area (TPSA) is 119 Å². The van der Waals surface area contributed by atoms with E-state index >= 15 is 0 Å². The van der Waals surface area contributed by atoms with Crippen molar-refractivity contribution in [2.45, 2.75) is 213 Å². The van der Waals surface area contributed by atoms with Crippen molar-refractivity contribution in [3.63, 3.8) is 0 Å². The largest absolute Gasteiger partial charge is 0.469 e. The first-order valence-electron chi connectivity index (χ1n) is 21.3. The second kappa shape index (κ2) is 39.0. The number of carbonyl (C=O) groups excluding carboxylic acids is 2. The lowest BCUT2D eigenvalue weighted by Gasteiger charge is -2.18. The summed E-state index contributed by atoms with van der Waals surface area (Å²) in [7, 11) is -4.76. The van der Waals surface area contributed by atoms with Gasteiger partial charge in [0.05, 0.1) is 6.61 Å². The van der Waals surface area contributed by atoms with Gasteiger partial charge in [-0.2, -0.15) is 0 Å². The molecule has 0 rings (SSSR count). The van der Waals surface area contributed by atoms with Crippen LogP contribution in [0.2, 0.25) is 0 Å². The predicted octanol–water partition coefficient (Wildman–Crippen LogP) is 13.0. The SMILES string of the molecule is CCCCC/C=C/C/C=C/CCCCCCCCCCCC(=O)O[C@H](COC(=O)CCCC/C=C/CCCCCCCCCCC)COP(=O)(O)O. The third-order valence-corrected chi connectivity index (χ3v) is 9.62. The van der Waals surface area contributed by atoms with Gasteiger partial charge in [0.1, 0.15) is 6.61 Å². The van der Waals surface area contributed by atoms with Gasteiger partial charge < -0.3 is 19.3 Å². The average molecular weight is 755 g/mol. The number of phosphoric ester groups is 1. The van der Waals surface area contributed by atoms with Crippen LogP contribution in [-0.4, -0.2) is 41.0 Å². The van der Waals surface area contributed by atoms with Gasteiger partial charge in [-0.1, -0.05) is 159 Å². The molecule has 0 saturated heterocycles. The van der Waals surface area contributed by atoms with Crippen LogP contribution in [0, 0.1) is 0 Å². The number of unbranched alkanes of at least 4 members (excludes halogenated alkanes) is 23. The van der Waals surface area contributed by atoms with Crippen LogP contribution in [0.4, 0.5) is 0 Å². The van der Waals surface area contributed by atoms with E-state index in [4.69, 9.17) is 19.3 Å². The Morgan fingerprint density at radius 3 is 1.37 bits per heavy atom. The number of allylic oxidation sites excluding steroid dienone is 6. The lowest BCUT2D eigenvalue weighted by atomic mass is 10.1. The van der Waals surface area contributed by atoms with Gasteiger partial charge in [-0.3, -0.25) is 14.1 Å². The van der Waals surface area contributed by atoms with Gasteiger partial charge in [-0.25, -0.2) is 4.57 Å². The minimum absolute atomic E-state index is 0.204. The van der Waals surface area contributed by atoms with E-state index in [-0.39, 0.29) is 19.4 Å². The molecule has 0 aromatic rings. The molecule has 52 heavy (non-hydrogen) atoms. The van der Waals surface area contributed by atoms with Gasteiger partial charge >= 0.3 is 19.8 Å². The van der Waals surface area contributed by atoms with Crippen molar-refractivity contribution >= 4 is 19.8 Å². The number of hydrogen-bond acceptors (Lipinski definition) is 6. The van der Waals surface area contributed by atoms with Crippen LogP contribution in [0.25, 0.3) is 0 Å². The smallest absolute Gasteiger partial charge is 0.462 e. The highest BCUT2D eigenvalue weighted by Gasteiger charge is 2.22. The zero-order valence-electron chi connectivity index (χ0n) is 33.5. The second-order valence-corrected chi connectivity index (χ2v) is 15.5. The quantitative estimate of drug-likeness (QED) is 0.0275. The molecule has 0 aliphatic carbocycles. The molecule has 0 amide bonds. The summed E-state index contributed by atoms with van der Waals surface area (Å²) in [6.07, 6.45) is 45.8. The Morgan fingerprint density at radius 2 is 0.865 bits per heavy atom. The zero-order valence-corrected chi connectivity index (χ0v) is 34.4. The first kappa shape index (κ1) is 50.3. The molecule has 2 N–H and O–H groups in total. The minimum Gasteiger partial charge on any atom is -0.462 e. The van der Waals surface area contributed by atoms with Crippen LogP contribution in [-0.2, 0) is 28.2 Å². The zero-order chi connectivity index (χ0) is 38.2. The number of hydrogen-bond donors (Lipinski definition) is 2. The van der Waals surface area contributed by atoms with Gasteiger partial charge in [0, 0.05) is 12.8 Å². The van der Waals surface area contributed by atoms with Crippen molar-refractivity contribution in [3.8, 4) is 0 Å². The highest BCUT2D eigenvalue weighted by Crippen LogP contribution is 2.36. The molecule has 0 fully saturated rings. The monoisotopic (exact) mass is 755 g/mol. The van der Waals surface area contributed by atoms with E-state index in [0.717, 1.165) is 51.4 Å². The number of phosphoric acid groups is 1. The molecule has 0 spiro atoms. The lowest BCUT2D eigenvalue weighted by Crippen LogP contribution is -2.29. The maximum Gasteiger partial charge on any atom is 0.469 e. The first-order valence-corrected chi connectivity index (χ1v) is 22.8. The van der Waals surface area contributed by atoms with Crippen LogP contribution in [0.1, 0.15) is 206 Å². The fraction of sp³-hybridized carbons (Fsp3) is 0.814. The van der Waals surface area contributed by atoms with Crippen molar-refractivity contribution in [2.75, 3.05) is 13.2 Å². The van der Waals surface area contributed by atoms with Gasteiger partial charge in [-0.05, 0) is 70.6 Å². The Kier molecular flexibility index (Phi) is 37.7. The molecule has 0 bridgehead atoms. The third kappa shape index (κ3) is 41.0. The van der Waals surface area contributed by atoms with E-state index in [1.165, 1.54) is 116 Å². The molecule has 0 radical (unpaired) electrons. The fourth-order valence-corrected chi connectivity index (χ4v) is 6.29. The highest BCUT2D eigenvalue weighted by molar-refractivity contribution is 7.46. The lowest BCUT2D eigenvalue weighted by molar-refractivity contribution is -0.161. The maximum absolute atomic E-state index is 12.4. The van der Waals surface area contributed by atoms with Gasteiger partial charge in [0.15, 0.2) is 6.10 Å². The van der Waals surface area contributed by atoms with Crippen LogP contribution in [0.5, 0.6) is 0 Å². The molecule has 0 aliphatic rings. The van der Waals surface area contributed by atoms with E-state index in [0.29, 0.717) is 12.8 Å². The second-order valence-electron chi connectivity index (χ2n) is 14.3. The molecule has 8 nitrogen and oxygen atoms in total. The third-order valence-electron chi connectivity index (χ3n) is 9.13. The van der Waals surface area contributed by atoms with E-state index < -0.39 is 32.5 Å². The number of esters is 2. The average Bonchev–Trinajstić information content (AvgIpc) is 3.11. The summed E-state index contributed by atoms with van der Waals surface area (Å²) in [6, 6.07) is 0. The molecule has 1 atom stereocenters. The summed E-state index contributed by atoms with van der Waals surface area (Å²) in [5.74, 6) is -0.911. The summed E-state index contributed by atoms with van der Waals surface area (Å²) in [4.78, 5) is 42.8. The van der Waals surface area contributed by atoms with Crippen LogP contribution >= 0.6 is 7.82 Å². The molecule has 0 aromatic heterocycles. The molecular weight excluding hydrogens is 675 g/mol. The standard InChI is InChI=1S/C43H79O8P/c1-3-5-7-9-11-13-15-17-19-20-21-22-24-26-28-30-32-34-36-38-43(45)51-41(40-50-52(46,47)48)39-49-42(44)37-35-33-31-29-27-25-23-18-16-14-12-10-8-6-4-2/h11,13,17,19,27,29,41H,3-10,12,14-16,18,20-26,28,30-40H2,1-2H3,(H2,46,47,48)/b13-11+,19-17+,29-27+/t41-/m1/s1. The molecule has 304 valence electrons. The Morgan fingerprint density at radius 1 is 0.500 bits per heavy atom. The van der Waals surface area contributed by atoms with Crippen molar-refractivity contribution in [1.82, 2.24) is 0 Å². The summed E-state index contributed by atoms with van der Waals surface area (Å²) in [5, 5.41) is 0. The predicted molar refractivity (Wildman–Crippen MR) is 216 cm³/mol. The maximum atomic E-state index is 12.4. The Balaban J connectivity index is 3.93. The molecular formula is C43H79O8P. The Labute approximate surface area is 319 Å². The van der Waals surface area contributed by atoms with Crippen LogP contribution in [0.15, 0.2) is 36.5 Å². The molecule has 0 heterocycles. The van der Waals surface area contributed by atoms with Crippen molar-refractivity contribution in [3.05, 3.63) is 36.5 Å². The van der Waals surface area contributed by atoms with Gasteiger partial charge in [-0.15, -0.1) is 0 Å². The van der Waals surface area contributed by atoms with E-state index in [1.807, 2.05) is 0 Å². The van der Waals surface area contributed by atoms with E-state index in [9.17, 15) is 14.2 Å². The fourth-order valence-electron chi connectivity index (χ4n) is 5.93. The van der Waals surface area contributed by atoms with E-state index in [1.54, 1.807) is 0 Å². The molecule has 9 heteroatoms. The van der Waals surface area contributed by atoms with Crippen molar-refractivity contribution in [2.24, 2.45) is 0 Å². The molecule has 0 saturated carbocycles.